The number of unbranched alkanes of at least 4 members (excludes halogenated alkanes) is 19. The van der Waals surface area contributed by atoms with E-state index in [1.807, 2.05) is 0 Å². The fourth-order valence-corrected chi connectivity index (χ4v) is 5.30. The molecule has 2 nitrogen and oxygen atoms in total. The van der Waals surface area contributed by atoms with Crippen LogP contribution in [0.3, 0.4) is 0 Å². The summed E-state index contributed by atoms with van der Waals surface area (Å²) in [5.74, 6) is 0. The van der Waals surface area contributed by atoms with Gasteiger partial charge in [0.1, 0.15) is 6.17 Å². The molecule has 0 amide bonds. The van der Waals surface area contributed by atoms with Gasteiger partial charge in [-0.05, 0) is 25.7 Å². The van der Waals surface area contributed by atoms with E-state index < -0.39 is 0 Å². The van der Waals surface area contributed by atoms with Crippen molar-refractivity contribution in [1.29, 1.82) is 0 Å². The molecule has 196 valence electrons. The van der Waals surface area contributed by atoms with E-state index in [1.54, 1.807) is 0 Å². The molecule has 33 heavy (non-hydrogen) atoms. The van der Waals surface area contributed by atoms with E-state index in [4.69, 9.17) is 0 Å². The van der Waals surface area contributed by atoms with Crippen LogP contribution in [0.5, 0.6) is 0 Å². The van der Waals surface area contributed by atoms with Crippen LogP contribution in [0, 0.1) is 0 Å². The van der Waals surface area contributed by atoms with Crippen molar-refractivity contribution in [3.63, 3.8) is 0 Å². The molecule has 0 aliphatic carbocycles. The molecule has 0 aromatic carbocycles. The number of nitrogens with zero attached hydrogens (tertiary/aromatic N) is 2. The third-order valence-corrected chi connectivity index (χ3v) is 7.57. The average molecular weight is 463 g/mol. The van der Waals surface area contributed by atoms with Crippen molar-refractivity contribution in [2.24, 2.45) is 0 Å². The van der Waals surface area contributed by atoms with Crippen LogP contribution in [0.25, 0.3) is 0 Å². The molecule has 0 fully saturated rings. The van der Waals surface area contributed by atoms with Crippen LogP contribution >= 0.6 is 0 Å². The van der Waals surface area contributed by atoms with Gasteiger partial charge in [0.05, 0.1) is 0 Å². The van der Waals surface area contributed by atoms with Crippen molar-refractivity contribution in [2.75, 3.05) is 13.1 Å². The second-order valence-corrected chi connectivity index (χ2v) is 10.8. The van der Waals surface area contributed by atoms with Crippen LogP contribution in [-0.4, -0.2) is 29.1 Å². The molecule has 0 saturated carbocycles. The molecule has 0 aromatic heterocycles. The molecule has 1 aliphatic rings. The lowest BCUT2D eigenvalue weighted by molar-refractivity contribution is 0.135. The lowest BCUT2D eigenvalue weighted by atomic mass is 10.0. The zero-order valence-corrected chi connectivity index (χ0v) is 23.3. The van der Waals surface area contributed by atoms with Crippen molar-refractivity contribution in [3.8, 4) is 0 Å². The fourth-order valence-electron chi connectivity index (χ4n) is 5.30. The Morgan fingerprint density at radius 1 is 0.394 bits per heavy atom. The Kier molecular flexibility index (Phi) is 21.3. The topological polar surface area (TPSA) is 6.48 Å². The van der Waals surface area contributed by atoms with Crippen LogP contribution in [0.2, 0.25) is 0 Å². The fraction of sp³-hybridized carbons (Fsp3) is 0.935. The summed E-state index contributed by atoms with van der Waals surface area (Å²) in [7, 11) is 0. The van der Waals surface area contributed by atoms with Crippen molar-refractivity contribution in [3.05, 3.63) is 12.4 Å². The quantitative estimate of drug-likeness (QED) is 0.124. The molecule has 0 radical (unpaired) electrons. The van der Waals surface area contributed by atoms with Gasteiger partial charge in [0.15, 0.2) is 0 Å². The lowest BCUT2D eigenvalue weighted by Gasteiger charge is -2.33. The molecule has 0 saturated heterocycles. The normalized spacial score (nSPS) is 15.8. The molecule has 1 rings (SSSR count). The highest BCUT2D eigenvalue weighted by Gasteiger charge is 2.24. The molecule has 1 heterocycles. The van der Waals surface area contributed by atoms with E-state index in [0.29, 0.717) is 6.17 Å². The Hall–Kier alpha value is -0.660. The Morgan fingerprint density at radius 3 is 1.09 bits per heavy atom. The van der Waals surface area contributed by atoms with Gasteiger partial charge in [-0.3, -0.25) is 0 Å². The summed E-state index contributed by atoms with van der Waals surface area (Å²) < 4.78 is 0. The van der Waals surface area contributed by atoms with Gasteiger partial charge in [-0.15, -0.1) is 0 Å². The maximum Gasteiger partial charge on any atom is 0.101 e. The van der Waals surface area contributed by atoms with Gasteiger partial charge in [0, 0.05) is 25.5 Å². The first-order valence-electron chi connectivity index (χ1n) is 15.5. The van der Waals surface area contributed by atoms with Gasteiger partial charge in [0.2, 0.25) is 0 Å². The van der Waals surface area contributed by atoms with Crippen molar-refractivity contribution in [1.82, 2.24) is 9.80 Å². The van der Waals surface area contributed by atoms with Crippen LogP contribution in [-0.2, 0) is 0 Å². The van der Waals surface area contributed by atoms with Gasteiger partial charge >= 0.3 is 0 Å². The van der Waals surface area contributed by atoms with Gasteiger partial charge < -0.3 is 9.80 Å². The third-order valence-electron chi connectivity index (χ3n) is 7.57. The Bertz CT molecular complexity index is 419. The molecule has 0 aromatic rings. The summed E-state index contributed by atoms with van der Waals surface area (Å²) >= 11 is 0. The first kappa shape index (κ1) is 30.4. The highest BCUT2D eigenvalue weighted by atomic mass is 15.4. The second kappa shape index (κ2) is 23.1. The first-order valence-corrected chi connectivity index (χ1v) is 15.5. The summed E-state index contributed by atoms with van der Waals surface area (Å²) in [6.07, 6.45) is 38.0. The van der Waals surface area contributed by atoms with E-state index >= 15 is 0 Å². The highest BCUT2D eigenvalue weighted by Crippen LogP contribution is 2.23. The number of rotatable bonds is 25. The highest BCUT2D eigenvalue weighted by molar-refractivity contribution is 4.97. The summed E-state index contributed by atoms with van der Waals surface area (Å²) in [5.41, 5.74) is 0. The molecule has 0 bridgehead atoms. The lowest BCUT2D eigenvalue weighted by Crippen LogP contribution is -2.39. The van der Waals surface area contributed by atoms with Crippen molar-refractivity contribution in [2.45, 2.75) is 175 Å². The van der Waals surface area contributed by atoms with Crippen LogP contribution in [0.15, 0.2) is 12.4 Å². The SMILES string of the molecule is CCCCCCCCCCCCCCN1C=CN(CCCCCC)C1CCCCCCCC. The Balaban J connectivity index is 2.17. The molecule has 1 unspecified atom stereocenters. The predicted molar refractivity (Wildman–Crippen MR) is 150 cm³/mol. The van der Waals surface area contributed by atoms with Crippen molar-refractivity contribution >= 4 is 0 Å². The van der Waals surface area contributed by atoms with Gasteiger partial charge in [-0.25, -0.2) is 0 Å². The van der Waals surface area contributed by atoms with Crippen LogP contribution < -0.4 is 0 Å². The summed E-state index contributed by atoms with van der Waals surface area (Å²) in [6, 6.07) is 0. The summed E-state index contributed by atoms with van der Waals surface area (Å²) in [6.45, 7) is 9.45. The standard InChI is InChI=1S/C31H62N2/c1-4-7-10-13-15-16-17-18-19-20-22-25-28-33-30-29-32(27-24-12-9-6-3)31(33)26-23-21-14-11-8-5-2/h29-31H,4-28H2,1-3H3. The predicted octanol–water partition coefficient (Wildman–Crippen LogP) is 10.4. The number of hydrogen-bond donors (Lipinski definition) is 0. The van der Waals surface area contributed by atoms with Crippen LogP contribution in [0.4, 0.5) is 0 Å². The molecule has 2 heteroatoms. The van der Waals surface area contributed by atoms with Crippen molar-refractivity contribution < 1.29 is 0 Å². The minimum atomic E-state index is 0.644. The van der Waals surface area contributed by atoms with E-state index in [1.165, 1.54) is 161 Å². The summed E-state index contributed by atoms with van der Waals surface area (Å²) in [5, 5.41) is 0. The molecule has 1 atom stereocenters. The second-order valence-electron chi connectivity index (χ2n) is 10.8. The minimum absolute atomic E-state index is 0.644. The van der Waals surface area contributed by atoms with Gasteiger partial charge in [0.25, 0.3) is 0 Å². The minimum Gasteiger partial charge on any atom is -0.356 e. The molecular formula is C31H62N2. The first-order chi connectivity index (χ1) is 16.3. The monoisotopic (exact) mass is 462 g/mol. The summed E-state index contributed by atoms with van der Waals surface area (Å²) in [4.78, 5) is 5.35. The third kappa shape index (κ3) is 16.6. The Labute approximate surface area is 210 Å². The maximum atomic E-state index is 2.68. The smallest absolute Gasteiger partial charge is 0.101 e. The van der Waals surface area contributed by atoms with E-state index in [-0.39, 0.29) is 0 Å². The van der Waals surface area contributed by atoms with Crippen LogP contribution in [0.1, 0.15) is 168 Å². The largest absolute Gasteiger partial charge is 0.356 e. The molecule has 1 aliphatic heterocycles. The molecule has 0 N–H and O–H groups in total. The number of hydrogen-bond acceptors (Lipinski definition) is 2. The Morgan fingerprint density at radius 2 is 0.697 bits per heavy atom. The maximum absolute atomic E-state index is 2.68. The molecule has 0 spiro atoms. The van der Waals surface area contributed by atoms with Gasteiger partial charge in [-0.1, -0.05) is 143 Å². The average Bonchev–Trinajstić information content (AvgIpc) is 3.21. The zero-order chi connectivity index (χ0) is 23.8. The van der Waals surface area contributed by atoms with E-state index in [0.717, 1.165) is 0 Å². The van der Waals surface area contributed by atoms with Gasteiger partial charge in [-0.2, -0.15) is 0 Å². The zero-order valence-electron chi connectivity index (χ0n) is 23.3. The van der Waals surface area contributed by atoms with E-state index in [2.05, 4.69) is 43.0 Å². The molecular weight excluding hydrogens is 400 g/mol. The van der Waals surface area contributed by atoms with E-state index in [9.17, 15) is 0 Å².